The minimum Gasteiger partial charge on any atom is -0.444 e. The van der Waals surface area contributed by atoms with Crippen LogP contribution in [-0.4, -0.2) is 60.2 Å². The summed E-state index contributed by atoms with van der Waals surface area (Å²) >= 11 is 0. The summed E-state index contributed by atoms with van der Waals surface area (Å²) in [5.74, 6) is -0.304. The van der Waals surface area contributed by atoms with Crippen LogP contribution in [-0.2, 0) is 24.9 Å². The number of carbonyl (C=O) groups excluding carboxylic acids is 2. The summed E-state index contributed by atoms with van der Waals surface area (Å²) in [4.78, 5) is 70.0. The van der Waals surface area contributed by atoms with Gasteiger partial charge in [0.15, 0.2) is 16.9 Å². The van der Waals surface area contributed by atoms with Crippen LogP contribution >= 0.6 is 0 Å². The van der Waals surface area contributed by atoms with E-state index in [1.165, 1.54) is 35.9 Å². The molecule has 14 nitrogen and oxygen atoms in total. The summed E-state index contributed by atoms with van der Waals surface area (Å²) < 4.78 is 9.06. The summed E-state index contributed by atoms with van der Waals surface area (Å²) in [5.41, 5.74) is -2.50. The number of alkyl carbamates (subject to hydrolysis) is 1. The first-order valence-electron chi connectivity index (χ1n) is 13.6. The van der Waals surface area contributed by atoms with E-state index in [2.05, 4.69) is 10.3 Å². The second-order valence-electron chi connectivity index (χ2n) is 11.1. The standard InChI is InChI=1S/C28H35N7O7/c1-6-7-15-33-22-23(30-25(33)32-14-10-11-18(16-32)29-26(38)42-28(2,3)4)31(5)27(39)34(24(22)37)17-21(36)19-12-8-9-13-20(19)35(40)41/h6-9,12-13,18H,10-11,14-17H2,1-5H3,(H,29,38)/b7-6+/t18-/m1/s1. The van der Waals surface area contributed by atoms with E-state index in [1.807, 2.05) is 24.0 Å². The molecule has 1 fully saturated rings. The van der Waals surface area contributed by atoms with Crippen LogP contribution in [0.5, 0.6) is 0 Å². The Labute approximate surface area is 241 Å². The third kappa shape index (κ3) is 6.26. The number of allylic oxidation sites excluding steroid dienone is 2. The number of benzene rings is 1. The number of nitro benzene ring substituents is 1. The number of nitrogens with one attached hydrogen (secondary N) is 1. The molecular formula is C28H35N7O7. The molecule has 224 valence electrons. The Bertz CT molecular complexity index is 1680. The maximum absolute atomic E-state index is 13.8. The molecule has 0 unspecified atom stereocenters. The average Bonchev–Trinajstić information content (AvgIpc) is 3.31. The molecule has 1 saturated heterocycles. The van der Waals surface area contributed by atoms with E-state index in [1.54, 1.807) is 25.3 Å². The van der Waals surface area contributed by atoms with Crippen molar-refractivity contribution in [1.82, 2.24) is 24.0 Å². The van der Waals surface area contributed by atoms with E-state index in [4.69, 9.17) is 4.74 Å². The predicted molar refractivity (Wildman–Crippen MR) is 156 cm³/mol. The van der Waals surface area contributed by atoms with Crippen molar-refractivity contribution in [1.29, 1.82) is 0 Å². The molecule has 2 aromatic heterocycles. The number of Topliss-reactive ketones (excluding diaryl/α,β-unsaturated/α-hetero) is 1. The number of nitro groups is 1. The molecule has 1 amide bonds. The van der Waals surface area contributed by atoms with Gasteiger partial charge in [0.25, 0.3) is 11.2 Å². The molecule has 14 heteroatoms. The van der Waals surface area contributed by atoms with Gasteiger partial charge in [0.05, 0.1) is 17.0 Å². The molecule has 0 bridgehead atoms. The molecule has 1 aromatic carbocycles. The second-order valence-corrected chi connectivity index (χ2v) is 11.1. The fraction of sp³-hybridized carbons (Fsp3) is 0.464. The fourth-order valence-electron chi connectivity index (χ4n) is 4.97. The number of ether oxygens (including phenoxy) is 1. The largest absolute Gasteiger partial charge is 0.444 e. The number of aromatic nitrogens is 4. The minimum absolute atomic E-state index is 0.114. The number of piperidine rings is 1. The van der Waals surface area contributed by atoms with Gasteiger partial charge in [0, 0.05) is 38.8 Å². The number of rotatable bonds is 8. The van der Waals surface area contributed by atoms with Crippen LogP contribution in [0.3, 0.4) is 0 Å². The zero-order valence-electron chi connectivity index (χ0n) is 24.3. The van der Waals surface area contributed by atoms with E-state index in [0.717, 1.165) is 17.4 Å². The number of hydrogen-bond acceptors (Lipinski definition) is 9. The van der Waals surface area contributed by atoms with Crippen LogP contribution in [0, 0.1) is 10.1 Å². The van der Waals surface area contributed by atoms with Crippen LogP contribution in [0.25, 0.3) is 11.2 Å². The Balaban J connectivity index is 1.75. The first-order valence-corrected chi connectivity index (χ1v) is 13.6. The predicted octanol–water partition coefficient (Wildman–Crippen LogP) is 2.76. The number of aryl methyl sites for hydroxylation is 1. The number of ketones is 1. The monoisotopic (exact) mass is 581 g/mol. The molecule has 0 aliphatic carbocycles. The van der Waals surface area contributed by atoms with Gasteiger partial charge >= 0.3 is 11.8 Å². The fourth-order valence-corrected chi connectivity index (χ4v) is 4.97. The number of nitrogens with zero attached hydrogens (tertiary/aromatic N) is 6. The zero-order valence-corrected chi connectivity index (χ0v) is 24.3. The molecule has 1 N–H and O–H groups in total. The molecule has 0 saturated carbocycles. The third-order valence-corrected chi connectivity index (χ3v) is 6.86. The van der Waals surface area contributed by atoms with Gasteiger partial charge in [0.1, 0.15) is 5.60 Å². The molecule has 42 heavy (non-hydrogen) atoms. The van der Waals surface area contributed by atoms with Crippen molar-refractivity contribution in [3.63, 3.8) is 0 Å². The lowest BCUT2D eigenvalue weighted by molar-refractivity contribution is -0.385. The molecule has 1 aliphatic rings. The number of para-hydroxylation sites is 1. The number of anilines is 1. The molecule has 0 spiro atoms. The Kier molecular flexibility index (Phi) is 8.64. The molecular weight excluding hydrogens is 546 g/mol. The van der Waals surface area contributed by atoms with Gasteiger partial charge in [-0.2, -0.15) is 4.98 Å². The van der Waals surface area contributed by atoms with Crippen LogP contribution in [0.1, 0.15) is 50.9 Å². The lowest BCUT2D eigenvalue weighted by Gasteiger charge is -2.34. The Hall–Kier alpha value is -4.75. The number of hydrogen-bond donors (Lipinski definition) is 1. The maximum atomic E-state index is 13.8. The third-order valence-electron chi connectivity index (χ3n) is 6.86. The normalized spacial score (nSPS) is 15.7. The first-order chi connectivity index (χ1) is 19.8. The Morgan fingerprint density at radius 2 is 1.93 bits per heavy atom. The number of amides is 1. The van der Waals surface area contributed by atoms with Crippen LogP contribution in [0.2, 0.25) is 0 Å². The van der Waals surface area contributed by atoms with E-state index in [0.29, 0.717) is 19.0 Å². The van der Waals surface area contributed by atoms with Crippen molar-refractivity contribution in [2.24, 2.45) is 7.05 Å². The van der Waals surface area contributed by atoms with Gasteiger partial charge < -0.3 is 19.5 Å². The maximum Gasteiger partial charge on any atom is 0.407 e. The van der Waals surface area contributed by atoms with Crippen LogP contribution in [0.4, 0.5) is 16.4 Å². The van der Waals surface area contributed by atoms with Gasteiger partial charge in [-0.3, -0.25) is 28.8 Å². The number of carbonyl (C=O) groups is 2. The molecule has 1 aliphatic heterocycles. The van der Waals surface area contributed by atoms with Crippen LogP contribution in [0.15, 0.2) is 46.0 Å². The summed E-state index contributed by atoms with van der Waals surface area (Å²) in [6.45, 7) is 7.77. The molecule has 3 heterocycles. The number of fused-ring (bicyclic) bond motifs is 1. The molecule has 3 aromatic rings. The van der Waals surface area contributed by atoms with Gasteiger partial charge in [-0.25, -0.2) is 9.59 Å². The highest BCUT2D eigenvalue weighted by Gasteiger charge is 2.29. The van der Waals surface area contributed by atoms with Gasteiger partial charge in [-0.05, 0) is 46.6 Å². The zero-order chi connectivity index (χ0) is 30.8. The topological polar surface area (TPSA) is 164 Å². The van der Waals surface area contributed by atoms with Gasteiger partial charge in [-0.15, -0.1) is 0 Å². The highest BCUT2D eigenvalue weighted by Crippen LogP contribution is 2.24. The summed E-state index contributed by atoms with van der Waals surface area (Å²) in [6, 6.07) is 5.16. The highest BCUT2D eigenvalue weighted by atomic mass is 16.6. The van der Waals surface area contributed by atoms with Crippen molar-refractivity contribution in [3.8, 4) is 0 Å². The first kappa shape index (κ1) is 30.2. The van der Waals surface area contributed by atoms with Crippen LogP contribution < -0.4 is 21.5 Å². The highest BCUT2D eigenvalue weighted by molar-refractivity contribution is 5.99. The quantitative estimate of drug-likeness (QED) is 0.182. The lowest BCUT2D eigenvalue weighted by Crippen LogP contribution is -2.49. The van der Waals surface area contributed by atoms with E-state index in [9.17, 15) is 29.3 Å². The molecule has 0 radical (unpaired) electrons. The summed E-state index contributed by atoms with van der Waals surface area (Å²) in [5, 5.41) is 14.4. The van der Waals surface area contributed by atoms with Crippen molar-refractivity contribution in [3.05, 3.63) is 72.9 Å². The van der Waals surface area contributed by atoms with E-state index < -0.39 is 45.9 Å². The molecule has 4 rings (SSSR count). The Morgan fingerprint density at radius 1 is 1.21 bits per heavy atom. The van der Waals surface area contributed by atoms with Crippen molar-refractivity contribution < 1.29 is 19.2 Å². The minimum atomic E-state index is -0.773. The van der Waals surface area contributed by atoms with Gasteiger partial charge in [-0.1, -0.05) is 24.3 Å². The number of imidazole rings is 1. The average molecular weight is 582 g/mol. The second kappa shape index (κ2) is 12.0. The summed E-state index contributed by atoms with van der Waals surface area (Å²) in [7, 11) is 1.45. The van der Waals surface area contributed by atoms with Gasteiger partial charge in [0.2, 0.25) is 5.95 Å². The van der Waals surface area contributed by atoms with Crippen molar-refractivity contribution in [2.75, 3.05) is 18.0 Å². The van der Waals surface area contributed by atoms with Crippen molar-refractivity contribution >= 4 is 34.7 Å². The van der Waals surface area contributed by atoms with Crippen molar-refractivity contribution in [2.45, 2.75) is 65.3 Å². The Morgan fingerprint density at radius 3 is 2.60 bits per heavy atom. The van der Waals surface area contributed by atoms with E-state index in [-0.39, 0.29) is 29.3 Å². The smallest absolute Gasteiger partial charge is 0.407 e. The van der Waals surface area contributed by atoms with E-state index >= 15 is 0 Å². The summed E-state index contributed by atoms with van der Waals surface area (Å²) in [6.07, 6.45) is 4.59. The lowest BCUT2D eigenvalue weighted by atomic mass is 10.1. The molecule has 1 atom stereocenters. The SMILES string of the molecule is C/C=C/Cn1c(N2CCC[C@@H](NC(=O)OC(C)(C)C)C2)nc2c1c(=O)n(CC(=O)c1ccccc1[N+](=O)[O-])c(=O)n2C.